The van der Waals surface area contributed by atoms with Gasteiger partial charge in [-0.1, -0.05) is 0 Å². The van der Waals surface area contributed by atoms with Crippen molar-refractivity contribution in [3.63, 3.8) is 0 Å². The van der Waals surface area contributed by atoms with Crippen LogP contribution in [-0.2, 0) is 0 Å². The molecule has 1 N–H and O–H groups in total. The van der Waals surface area contributed by atoms with Crippen molar-refractivity contribution in [1.29, 1.82) is 0 Å². The lowest BCUT2D eigenvalue weighted by atomic mass is 10.1. The van der Waals surface area contributed by atoms with Crippen molar-refractivity contribution in [2.24, 2.45) is 0 Å². The van der Waals surface area contributed by atoms with Crippen LogP contribution in [0.4, 0.5) is 13.2 Å². The number of rotatable bonds is 2. The van der Waals surface area contributed by atoms with Gasteiger partial charge in [-0.05, 0) is 31.2 Å². The lowest BCUT2D eigenvalue weighted by molar-refractivity contribution is -0.181. The van der Waals surface area contributed by atoms with Crippen LogP contribution in [0.5, 0.6) is 0 Å². The first-order valence-electron chi connectivity index (χ1n) is 7.53. The van der Waals surface area contributed by atoms with Crippen molar-refractivity contribution >= 4 is 16.8 Å². The van der Waals surface area contributed by atoms with E-state index in [4.69, 9.17) is 0 Å². The maximum absolute atomic E-state index is 12.7. The van der Waals surface area contributed by atoms with E-state index < -0.39 is 12.2 Å². The number of aromatic nitrogens is 1. The Kier molecular flexibility index (Phi) is 4.06. The fourth-order valence-corrected chi connectivity index (χ4v) is 2.89. The highest BCUT2D eigenvalue weighted by Gasteiger charge is 2.41. The first kappa shape index (κ1) is 15.9. The monoisotopic (exact) mass is 325 g/mol. The average molecular weight is 325 g/mol. The summed E-state index contributed by atoms with van der Waals surface area (Å²) < 4.78 is 38.2. The summed E-state index contributed by atoms with van der Waals surface area (Å²) in [6.45, 7) is 2.25. The minimum absolute atomic E-state index is 0.132. The molecule has 1 aliphatic rings. The number of nitrogens with zero attached hydrogens (tertiary/aromatic N) is 2. The van der Waals surface area contributed by atoms with E-state index in [0.29, 0.717) is 18.7 Å². The van der Waals surface area contributed by atoms with E-state index in [9.17, 15) is 18.0 Å². The zero-order valence-electron chi connectivity index (χ0n) is 12.7. The number of hydrogen-bond acceptors (Lipinski definition) is 2. The molecule has 1 atom stereocenters. The molecule has 124 valence electrons. The van der Waals surface area contributed by atoms with Gasteiger partial charge < -0.3 is 9.88 Å². The molecule has 0 radical (unpaired) electrons. The number of fused-ring (bicyclic) bond motifs is 1. The van der Waals surface area contributed by atoms with E-state index >= 15 is 0 Å². The average Bonchev–Trinajstić information content (AvgIpc) is 3.00. The number of carbonyl (C=O) groups excluding carboxylic acids is 1. The molecular formula is C16H18F3N3O. The highest BCUT2D eigenvalue weighted by atomic mass is 19.4. The third-order valence-electron chi connectivity index (χ3n) is 4.42. The van der Waals surface area contributed by atoms with E-state index in [1.807, 2.05) is 12.1 Å². The van der Waals surface area contributed by atoms with Crippen LogP contribution in [-0.4, -0.2) is 59.1 Å². The third kappa shape index (κ3) is 3.19. The Bertz CT molecular complexity index is 702. The van der Waals surface area contributed by atoms with Crippen molar-refractivity contribution < 1.29 is 18.0 Å². The molecule has 0 bridgehead atoms. The van der Waals surface area contributed by atoms with Crippen LogP contribution in [0.3, 0.4) is 0 Å². The predicted octanol–water partition coefficient (Wildman–Crippen LogP) is 2.88. The van der Waals surface area contributed by atoms with Crippen LogP contribution in [0.2, 0.25) is 0 Å². The molecule has 2 aromatic rings. The molecule has 1 aromatic heterocycles. The van der Waals surface area contributed by atoms with Crippen molar-refractivity contribution in [2.45, 2.75) is 19.1 Å². The van der Waals surface area contributed by atoms with E-state index in [-0.39, 0.29) is 19.0 Å². The minimum atomic E-state index is -4.23. The van der Waals surface area contributed by atoms with E-state index in [1.54, 1.807) is 23.2 Å². The summed E-state index contributed by atoms with van der Waals surface area (Å²) >= 11 is 0. The third-order valence-corrected chi connectivity index (χ3v) is 4.42. The first-order chi connectivity index (χ1) is 10.9. The van der Waals surface area contributed by atoms with Crippen LogP contribution in [0.15, 0.2) is 30.5 Å². The molecule has 0 spiro atoms. The largest absolute Gasteiger partial charge is 0.403 e. The number of alkyl halides is 3. The Morgan fingerprint density at radius 2 is 1.87 bits per heavy atom. The number of benzene rings is 1. The normalized spacial score (nSPS) is 18.3. The van der Waals surface area contributed by atoms with Gasteiger partial charge in [-0.25, -0.2) is 0 Å². The first-order valence-corrected chi connectivity index (χ1v) is 7.53. The number of hydrogen-bond donors (Lipinski definition) is 1. The van der Waals surface area contributed by atoms with Crippen LogP contribution < -0.4 is 0 Å². The van der Waals surface area contributed by atoms with E-state index in [0.717, 1.165) is 17.8 Å². The SMILES string of the molecule is CC(N1CCN(C(=O)c2ccc3[nH]ccc3c2)CC1)C(F)(F)F. The zero-order chi connectivity index (χ0) is 16.6. The second-order valence-corrected chi connectivity index (χ2v) is 5.83. The fourth-order valence-electron chi connectivity index (χ4n) is 2.89. The quantitative estimate of drug-likeness (QED) is 0.922. The highest BCUT2D eigenvalue weighted by molar-refractivity contribution is 5.98. The van der Waals surface area contributed by atoms with Gasteiger partial charge in [0.15, 0.2) is 0 Å². The highest BCUT2D eigenvalue weighted by Crippen LogP contribution is 2.25. The number of nitrogens with one attached hydrogen (secondary N) is 1. The zero-order valence-corrected chi connectivity index (χ0v) is 12.7. The molecule has 1 saturated heterocycles. The van der Waals surface area contributed by atoms with Gasteiger partial charge >= 0.3 is 6.18 Å². The second kappa shape index (κ2) is 5.88. The molecule has 2 heterocycles. The molecule has 23 heavy (non-hydrogen) atoms. The summed E-state index contributed by atoms with van der Waals surface area (Å²) in [5.41, 5.74) is 1.51. The van der Waals surface area contributed by atoms with Crippen LogP contribution >= 0.6 is 0 Å². The number of piperazine rings is 1. The Morgan fingerprint density at radius 1 is 1.17 bits per heavy atom. The molecular weight excluding hydrogens is 307 g/mol. The Labute approximate surface area is 131 Å². The predicted molar refractivity (Wildman–Crippen MR) is 81.3 cm³/mol. The lowest BCUT2D eigenvalue weighted by Gasteiger charge is -2.38. The topological polar surface area (TPSA) is 39.3 Å². The molecule has 7 heteroatoms. The summed E-state index contributed by atoms with van der Waals surface area (Å²) in [5, 5.41) is 0.945. The van der Waals surface area contributed by atoms with Gasteiger partial charge in [0.2, 0.25) is 0 Å². The minimum Gasteiger partial charge on any atom is -0.361 e. The Balaban J connectivity index is 1.66. The summed E-state index contributed by atoms with van der Waals surface area (Å²) in [5.74, 6) is -0.132. The van der Waals surface area contributed by atoms with Crippen molar-refractivity contribution in [3.8, 4) is 0 Å². The van der Waals surface area contributed by atoms with Gasteiger partial charge in [0.05, 0.1) is 0 Å². The standard InChI is InChI=1S/C16H18F3N3O/c1-11(16(17,18)19)21-6-8-22(9-7-21)15(23)13-2-3-14-12(10-13)4-5-20-14/h2-5,10-11,20H,6-9H2,1H3. The summed E-state index contributed by atoms with van der Waals surface area (Å²) in [4.78, 5) is 18.6. The van der Waals surface area contributed by atoms with Crippen LogP contribution in [0.25, 0.3) is 10.9 Å². The van der Waals surface area contributed by atoms with Crippen molar-refractivity contribution in [2.75, 3.05) is 26.2 Å². The fraction of sp³-hybridized carbons (Fsp3) is 0.438. The van der Waals surface area contributed by atoms with Gasteiger partial charge in [0.25, 0.3) is 5.91 Å². The maximum Gasteiger partial charge on any atom is 0.403 e. The van der Waals surface area contributed by atoms with Gasteiger partial charge in [-0.2, -0.15) is 13.2 Å². The van der Waals surface area contributed by atoms with Crippen molar-refractivity contribution in [3.05, 3.63) is 36.0 Å². The van der Waals surface area contributed by atoms with Gasteiger partial charge in [-0.15, -0.1) is 0 Å². The summed E-state index contributed by atoms with van der Waals surface area (Å²) in [6.07, 6.45) is -2.43. The van der Waals surface area contributed by atoms with Crippen molar-refractivity contribution in [1.82, 2.24) is 14.8 Å². The molecule has 4 nitrogen and oxygen atoms in total. The maximum atomic E-state index is 12.7. The lowest BCUT2D eigenvalue weighted by Crippen LogP contribution is -2.54. The molecule has 3 rings (SSSR count). The van der Waals surface area contributed by atoms with Crippen LogP contribution in [0.1, 0.15) is 17.3 Å². The molecule has 1 fully saturated rings. The number of amides is 1. The second-order valence-electron chi connectivity index (χ2n) is 5.83. The number of H-pyrrole nitrogens is 1. The number of halogens is 3. The number of carbonyl (C=O) groups is 1. The number of aromatic amines is 1. The smallest absolute Gasteiger partial charge is 0.361 e. The summed E-state index contributed by atoms with van der Waals surface area (Å²) in [6, 6.07) is 5.79. The Hall–Kier alpha value is -2.02. The molecule has 0 aliphatic carbocycles. The van der Waals surface area contributed by atoms with E-state index in [1.165, 1.54) is 4.90 Å². The summed E-state index contributed by atoms with van der Waals surface area (Å²) in [7, 11) is 0. The van der Waals surface area contributed by atoms with Crippen LogP contribution in [0, 0.1) is 0 Å². The van der Waals surface area contributed by atoms with Gasteiger partial charge in [-0.3, -0.25) is 9.69 Å². The van der Waals surface area contributed by atoms with Gasteiger partial charge in [0, 0.05) is 48.8 Å². The Morgan fingerprint density at radius 3 is 2.52 bits per heavy atom. The van der Waals surface area contributed by atoms with Gasteiger partial charge in [0.1, 0.15) is 6.04 Å². The molecule has 0 saturated carbocycles. The molecule has 1 unspecified atom stereocenters. The molecule has 1 aromatic carbocycles. The molecule has 1 amide bonds. The van der Waals surface area contributed by atoms with E-state index in [2.05, 4.69) is 4.98 Å². The molecule has 1 aliphatic heterocycles.